The van der Waals surface area contributed by atoms with Gasteiger partial charge in [0.15, 0.2) is 0 Å². The number of nitrogens with zero attached hydrogens (tertiary/aromatic N) is 2. The molecule has 1 aliphatic heterocycles. The highest BCUT2D eigenvalue weighted by molar-refractivity contribution is 5.86. The van der Waals surface area contributed by atoms with Gasteiger partial charge in [-0.15, -0.1) is 0 Å². The molecule has 0 aromatic heterocycles. The number of aliphatic carboxylic acids is 1. The van der Waals surface area contributed by atoms with E-state index in [9.17, 15) is 9.59 Å². The zero-order valence-electron chi connectivity index (χ0n) is 14.4. The first-order chi connectivity index (χ1) is 11.5. The maximum atomic E-state index is 11.9. The van der Waals surface area contributed by atoms with Crippen LogP contribution in [0.5, 0.6) is 5.75 Å². The minimum absolute atomic E-state index is 0.0927. The van der Waals surface area contributed by atoms with E-state index >= 15 is 0 Å². The third-order valence-corrected chi connectivity index (χ3v) is 4.41. The smallest absolute Gasteiger partial charge is 0.308 e. The average molecular weight is 334 g/mol. The summed E-state index contributed by atoms with van der Waals surface area (Å²) < 4.78 is 5.79. The molecule has 1 heterocycles. The Morgan fingerprint density at radius 2 is 2.12 bits per heavy atom. The van der Waals surface area contributed by atoms with Gasteiger partial charge in [-0.1, -0.05) is 26.0 Å². The lowest BCUT2D eigenvalue weighted by molar-refractivity contribution is -0.141. The van der Waals surface area contributed by atoms with Crippen LogP contribution in [-0.2, 0) is 16.1 Å². The normalized spacial score (nSPS) is 17.5. The molecule has 2 rings (SSSR count). The number of likely N-dealkylation sites (tertiary alicyclic amines) is 1. The molecule has 0 aliphatic carbocycles. The van der Waals surface area contributed by atoms with Crippen LogP contribution >= 0.6 is 0 Å². The Morgan fingerprint density at radius 1 is 1.38 bits per heavy atom. The summed E-state index contributed by atoms with van der Waals surface area (Å²) in [5, 5.41) is 9.04. The lowest BCUT2D eigenvalue weighted by Crippen LogP contribution is -2.28. The molecule has 0 bridgehead atoms. The molecule has 132 valence electrons. The second kappa shape index (κ2) is 8.68. The molecule has 1 amide bonds. The molecule has 24 heavy (non-hydrogen) atoms. The molecule has 1 unspecified atom stereocenters. The van der Waals surface area contributed by atoms with Crippen LogP contribution < -0.4 is 4.74 Å². The van der Waals surface area contributed by atoms with Crippen molar-refractivity contribution in [2.45, 2.75) is 26.8 Å². The monoisotopic (exact) mass is 334 g/mol. The fourth-order valence-electron chi connectivity index (χ4n) is 2.88. The number of carbonyl (C=O) groups is 2. The van der Waals surface area contributed by atoms with Crippen LogP contribution in [0.1, 0.15) is 25.8 Å². The fourth-order valence-corrected chi connectivity index (χ4v) is 2.88. The van der Waals surface area contributed by atoms with Crippen molar-refractivity contribution in [3.8, 4) is 5.75 Å². The Hall–Kier alpha value is -2.08. The zero-order chi connectivity index (χ0) is 17.5. The Labute approximate surface area is 143 Å². The van der Waals surface area contributed by atoms with Gasteiger partial charge in [-0.25, -0.2) is 0 Å². The summed E-state index contributed by atoms with van der Waals surface area (Å²) in [5.41, 5.74) is 0.953. The number of likely N-dealkylation sites (N-methyl/N-ethyl adjacent to an activating group) is 1. The van der Waals surface area contributed by atoms with Gasteiger partial charge in [-0.3, -0.25) is 9.59 Å². The molecule has 1 aliphatic rings. The van der Waals surface area contributed by atoms with Gasteiger partial charge in [-0.2, -0.15) is 0 Å². The largest absolute Gasteiger partial charge is 0.492 e. The van der Waals surface area contributed by atoms with Crippen LogP contribution in [0.4, 0.5) is 0 Å². The van der Waals surface area contributed by atoms with E-state index < -0.39 is 11.9 Å². The summed E-state index contributed by atoms with van der Waals surface area (Å²) in [4.78, 5) is 26.8. The topological polar surface area (TPSA) is 70.1 Å². The third-order valence-electron chi connectivity index (χ3n) is 4.41. The van der Waals surface area contributed by atoms with E-state index in [1.807, 2.05) is 24.3 Å². The summed E-state index contributed by atoms with van der Waals surface area (Å²) in [6.07, 6.45) is 0.0927. The molecule has 1 atom stereocenters. The number of hydrogen-bond donors (Lipinski definition) is 1. The first-order valence-electron chi connectivity index (χ1n) is 8.48. The molecule has 0 saturated carbocycles. The second-order valence-corrected chi connectivity index (χ2v) is 6.04. The van der Waals surface area contributed by atoms with Gasteiger partial charge in [-0.05, 0) is 30.8 Å². The van der Waals surface area contributed by atoms with Gasteiger partial charge >= 0.3 is 5.97 Å². The van der Waals surface area contributed by atoms with E-state index in [1.165, 1.54) is 0 Å². The van der Waals surface area contributed by atoms with Crippen LogP contribution in [0.15, 0.2) is 24.3 Å². The van der Waals surface area contributed by atoms with E-state index in [2.05, 4.69) is 18.7 Å². The van der Waals surface area contributed by atoms with Crippen LogP contribution in [0.2, 0.25) is 0 Å². The van der Waals surface area contributed by atoms with E-state index in [0.717, 1.165) is 30.9 Å². The van der Waals surface area contributed by atoms with Crippen LogP contribution in [0.3, 0.4) is 0 Å². The van der Waals surface area contributed by atoms with Crippen molar-refractivity contribution in [3.05, 3.63) is 29.8 Å². The Balaban J connectivity index is 1.88. The number of ether oxygens (including phenoxy) is 1. The highest BCUT2D eigenvalue weighted by atomic mass is 16.5. The molecule has 1 aromatic rings. The van der Waals surface area contributed by atoms with Gasteiger partial charge in [0.05, 0.1) is 5.92 Å². The molecule has 1 aromatic carbocycles. The highest BCUT2D eigenvalue weighted by Gasteiger charge is 2.34. The maximum absolute atomic E-state index is 11.9. The Bertz CT molecular complexity index is 572. The SMILES string of the molecule is CCN(CC)CCOc1cccc(CN2CC(C(=O)O)CC2=O)c1. The molecule has 1 fully saturated rings. The number of carbonyl (C=O) groups excluding carboxylic acids is 1. The van der Waals surface area contributed by atoms with E-state index in [1.54, 1.807) is 4.90 Å². The van der Waals surface area contributed by atoms with Crippen molar-refractivity contribution in [1.29, 1.82) is 0 Å². The summed E-state index contributed by atoms with van der Waals surface area (Å²) in [7, 11) is 0. The van der Waals surface area contributed by atoms with Gasteiger partial charge in [0, 0.05) is 26.1 Å². The van der Waals surface area contributed by atoms with Gasteiger partial charge in [0.25, 0.3) is 0 Å². The van der Waals surface area contributed by atoms with Crippen molar-refractivity contribution in [1.82, 2.24) is 9.80 Å². The first kappa shape index (κ1) is 18.3. The Morgan fingerprint density at radius 3 is 2.75 bits per heavy atom. The summed E-state index contributed by atoms with van der Waals surface area (Å²) in [6.45, 7) is 8.46. The molecule has 0 radical (unpaired) electrons. The van der Waals surface area contributed by atoms with Crippen LogP contribution in [-0.4, -0.2) is 59.6 Å². The van der Waals surface area contributed by atoms with E-state index in [0.29, 0.717) is 13.2 Å². The second-order valence-electron chi connectivity index (χ2n) is 6.04. The average Bonchev–Trinajstić information content (AvgIpc) is 2.93. The van der Waals surface area contributed by atoms with Crippen molar-refractivity contribution < 1.29 is 19.4 Å². The first-order valence-corrected chi connectivity index (χ1v) is 8.48. The number of rotatable bonds is 9. The van der Waals surface area contributed by atoms with Crippen molar-refractivity contribution in [3.63, 3.8) is 0 Å². The zero-order valence-corrected chi connectivity index (χ0v) is 14.4. The summed E-state index contributed by atoms with van der Waals surface area (Å²) >= 11 is 0. The molecule has 6 heteroatoms. The van der Waals surface area contributed by atoms with Crippen LogP contribution in [0.25, 0.3) is 0 Å². The molecular formula is C18H26N2O4. The maximum Gasteiger partial charge on any atom is 0.308 e. The number of carboxylic acid groups (broad SMARTS) is 1. The number of hydrogen-bond acceptors (Lipinski definition) is 4. The van der Waals surface area contributed by atoms with E-state index in [4.69, 9.17) is 9.84 Å². The molecule has 6 nitrogen and oxygen atoms in total. The Kier molecular flexibility index (Phi) is 6.61. The third kappa shape index (κ3) is 4.96. The van der Waals surface area contributed by atoms with Crippen molar-refractivity contribution in [2.24, 2.45) is 5.92 Å². The molecule has 0 spiro atoms. The number of amides is 1. The molecular weight excluding hydrogens is 308 g/mol. The van der Waals surface area contributed by atoms with E-state index in [-0.39, 0.29) is 18.9 Å². The predicted octanol–water partition coefficient (Wildman–Crippen LogP) is 1.84. The highest BCUT2D eigenvalue weighted by Crippen LogP contribution is 2.22. The van der Waals surface area contributed by atoms with Crippen molar-refractivity contribution in [2.75, 3.05) is 32.8 Å². The van der Waals surface area contributed by atoms with Gasteiger partial charge in [0.2, 0.25) is 5.91 Å². The van der Waals surface area contributed by atoms with Gasteiger partial charge < -0.3 is 19.6 Å². The van der Waals surface area contributed by atoms with Gasteiger partial charge in [0.1, 0.15) is 12.4 Å². The summed E-state index contributed by atoms with van der Waals surface area (Å²) in [5.74, 6) is -0.818. The molecule has 1 saturated heterocycles. The predicted molar refractivity (Wildman–Crippen MR) is 90.9 cm³/mol. The number of carboxylic acids is 1. The quantitative estimate of drug-likeness (QED) is 0.746. The summed E-state index contributed by atoms with van der Waals surface area (Å²) in [6, 6.07) is 7.65. The minimum Gasteiger partial charge on any atom is -0.492 e. The lowest BCUT2D eigenvalue weighted by atomic mass is 10.1. The fraction of sp³-hybridized carbons (Fsp3) is 0.556. The number of benzene rings is 1. The van der Waals surface area contributed by atoms with Crippen molar-refractivity contribution >= 4 is 11.9 Å². The molecule has 1 N–H and O–H groups in total. The lowest BCUT2D eigenvalue weighted by Gasteiger charge is -2.19. The minimum atomic E-state index is -0.903. The standard InChI is InChI=1S/C18H26N2O4/c1-3-19(4-2)8-9-24-16-7-5-6-14(10-16)12-20-13-15(18(22)23)11-17(20)21/h5-7,10,15H,3-4,8-9,11-13H2,1-2H3,(H,22,23). The van der Waals surface area contributed by atoms with Crippen LogP contribution in [0, 0.1) is 5.92 Å².